The molecule has 0 aromatic carbocycles. The van der Waals surface area contributed by atoms with Gasteiger partial charge in [-0.1, -0.05) is 284 Å². The van der Waals surface area contributed by atoms with Crippen LogP contribution in [0, 0.1) is 0 Å². The van der Waals surface area contributed by atoms with E-state index in [2.05, 4.69) is 130 Å². The highest BCUT2D eigenvalue weighted by Crippen LogP contribution is 2.17. The minimum Gasteiger partial charge on any atom is -0.462 e. The minimum absolute atomic E-state index is 0.100. The Morgan fingerprint density at radius 2 is 0.513 bits per heavy atom. The summed E-state index contributed by atoms with van der Waals surface area (Å²) >= 11 is 0. The molecule has 0 N–H and O–H groups in total. The third-order valence-electron chi connectivity index (χ3n) is 13.5. The lowest BCUT2D eigenvalue weighted by atomic mass is 10.0. The normalized spacial score (nSPS) is 12.8. The van der Waals surface area contributed by atoms with Gasteiger partial charge >= 0.3 is 17.9 Å². The summed E-state index contributed by atoms with van der Waals surface area (Å²) in [6.07, 6.45) is 86.7. The van der Waals surface area contributed by atoms with Crippen LogP contribution in [0.5, 0.6) is 0 Å². The number of carbonyl (C=O) groups is 3. The predicted molar refractivity (Wildman–Crippen MR) is 330 cm³/mol. The number of allylic oxidation sites excluding steroid dienone is 18. The summed E-state index contributed by atoms with van der Waals surface area (Å²) in [4.78, 5) is 38.3. The van der Waals surface area contributed by atoms with Gasteiger partial charge in [-0.05, 0) is 103 Å². The maximum absolute atomic E-state index is 12.9. The van der Waals surface area contributed by atoms with Crippen LogP contribution in [0.3, 0.4) is 0 Å². The van der Waals surface area contributed by atoms with Crippen molar-refractivity contribution in [3.05, 3.63) is 109 Å². The number of hydrogen-bond acceptors (Lipinski definition) is 6. The standard InChI is InChI=1S/C70H118O6/c1-4-7-10-13-16-19-22-25-28-30-32-34-36-37-39-42-45-48-51-54-57-60-63-69(72)75-66-67(65-74-68(71)62-59-56-53-50-47-44-41-27-24-21-18-15-12-9-6-3)76-70(73)64-61-58-55-52-49-46-43-40-38-35-33-31-29-26-23-20-17-14-11-8-5-2/h8-9,11-12,17-18,20-21,26-27,29,33,35,40-41,43,49,52,67H,4-7,10,13-16,19,22-25,28,30-32,34,36-39,42,44-48,50-51,53-66H2,1-3H3/b11-8-,12-9-,20-17-,21-18-,29-26-,35-33-,41-27-,43-40-,52-49-. The van der Waals surface area contributed by atoms with Crippen LogP contribution in [-0.4, -0.2) is 37.2 Å². The van der Waals surface area contributed by atoms with Gasteiger partial charge in [0.25, 0.3) is 0 Å². The molecule has 0 aromatic heterocycles. The van der Waals surface area contributed by atoms with E-state index in [1.807, 2.05) is 0 Å². The van der Waals surface area contributed by atoms with E-state index >= 15 is 0 Å². The molecule has 0 aliphatic heterocycles. The largest absolute Gasteiger partial charge is 0.462 e. The molecule has 0 amide bonds. The van der Waals surface area contributed by atoms with Crippen LogP contribution in [0.25, 0.3) is 0 Å². The fraction of sp³-hybridized carbons (Fsp3) is 0.700. The average molecular weight is 1060 g/mol. The van der Waals surface area contributed by atoms with Crippen LogP contribution in [0.1, 0.15) is 297 Å². The van der Waals surface area contributed by atoms with Crippen LogP contribution >= 0.6 is 0 Å². The molecule has 1 atom stereocenters. The zero-order valence-electron chi connectivity index (χ0n) is 49.7. The Balaban J connectivity index is 4.44. The Labute approximate surface area is 470 Å². The lowest BCUT2D eigenvalue weighted by molar-refractivity contribution is -0.167. The third-order valence-corrected chi connectivity index (χ3v) is 13.5. The van der Waals surface area contributed by atoms with E-state index in [1.165, 1.54) is 122 Å². The van der Waals surface area contributed by atoms with Gasteiger partial charge in [-0.3, -0.25) is 14.4 Å². The maximum Gasteiger partial charge on any atom is 0.306 e. The van der Waals surface area contributed by atoms with Crippen molar-refractivity contribution >= 4 is 17.9 Å². The maximum atomic E-state index is 12.9. The molecule has 0 rings (SSSR count). The van der Waals surface area contributed by atoms with Gasteiger partial charge in [0.15, 0.2) is 6.10 Å². The first kappa shape index (κ1) is 72.1. The number of hydrogen-bond donors (Lipinski definition) is 0. The van der Waals surface area contributed by atoms with Gasteiger partial charge < -0.3 is 14.2 Å². The highest BCUT2D eigenvalue weighted by Gasteiger charge is 2.19. The van der Waals surface area contributed by atoms with Gasteiger partial charge in [0.1, 0.15) is 13.2 Å². The molecule has 1 unspecified atom stereocenters. The average Bonchev–Trinajstić information content (AvgIpc) is 3.42. The van der Waals surface area contributed by atoms with Gasteiger partial charge in [0.2, 0.25) is 0 Å². The van der Waals surface area contributed by atoms with Gasteiger partial charge in [-0.15, -0.1) is 0 Å². The molecule has 0 saturated carbocycles. The van der Waals surface area contributed by atoms with E-state index in [0.29, 0.717) is 19.3 Å². The minimum atomic E-state index is -0.810. The summed E-state index contributed by atoms with van der Waals surface area (Å²) in [6.45, 7) is 6.39. The first-order valence-corrected chi connectivity index (χ1v) is 31.9. The number of rotatable bonds is 57. The molecule has 76 heavy (non-hydrogen) atoms. The van der Waals surface area contributed by atoms with Crippen molar-refractivity contribution in [1.82, 2.24) is 0 Å². The van der Waals surface area contributed by atoms with E-state index in [1.54, 1.807) is 0 Å². The topological polar surface area (TPSA) is 78.9 Å². The van der Waals surface area contributed by atoms with E-state index < -0.39 is 6.10 Å². The Bertz CT molecular complexity index is 1540. The molecule has 0 aromatic rings. The molecule has 0 heterocycles. The van der Waals surface area contributed by atoms with Crippen LogP contribution < -0.4 is 0 Å². The second-order valence-corrected chi connectivity index (χ2v) is 20.9. The molecule has 0 fully saturated rings. The quantitative estimate of drug-likeness (QED) is 0.0261. The Hall–Kier alpha value is -3.93. The second kappa shape index (κ2) is 63.6. The fourth-order valence-corrected chi connectivity index (χ4v) is 8.81. The van der Waals surface area contributed by atoms with Crippen molar-refractivity contribution in [1.29, 1.82) is 0 Å². The van der Waals surface area contributed by atoms with Crippen molar-refractivity contribution in [3.8, 4) is 0 Å². The van der Waals surface area contributed by atoms with Gasteiger partial charge in [0, 0.05) is 19.3 Å². The zero-order valence-corrected chi connectivity index (χ0v) is 49.7. The highest BCUT2D eigenvalue weighted by atomic mass is 16.6. The van der Waals surface area contributed by atoms with E-state index in [-0.39, 0.29) is 37.5 Å². The molecule has 0 saturated heterocycles. The van der Waals surface area contributed by atoms with E-state index in [9.17, 15) is 14.4 Å². The molecule has 0 aliphatic carbocycles. The zero-order chi connectivity index (χ0) is 55.0. The molecular formula is C70H118O6. The summed E-state index contributed by atoms with van der Waals surface area (Å²) in [6, 6.07) is 0. The summed E-state index contributed by atoms with van der Waals surface area (Å²) in [5.41, 5.74) is 0. The number of unbranched alkanes of at least 4 members (excludes halogenated alkanes) is 28. The van der Waals surface area contributed by atoms with Crippen molar-refractivity contribution in [3.63, 3.8) is 0 Å². The molecular weight excluding hydrogens is 937 g/mol. The predicted octanol–water partition coefficient (Wildman–Crippen LogP) is 21.8. The van der Waals surface area contributed by atoms with Gasteiger partial charge in [-0.25, -0.2) is 0 Å². The molecule has 6 nitrogen and oxygen atoms in total. The van der Waals surface area contributed by atoms with Gasteiger partial charge in [-0.2, -0.15) is 0 Å². The second-order valence-electron chi connectivity index (χ2n) is 20.9. The van der Waals surface area contributed by atoms with Crippen LogP contribution in [0.4, 0.5) is 0 Å². The van der Waals surface area contributed by atoms with Crippen molar-refractivity contribution in [2.24, 2.45) is 0 Å². The molecule has 0 bridgehead atoms. The molecule has 0 aliphatic rings. The summed E-state index contributed by atoms with van der Waals surface area (Å²) in [7, 11) is 0. The SMILES string of the molecule is CC/C=C\C/C=C\C/C=C\C/C=C\C/C=C\C/C=C\CCCCC(=O)OC(COC(=O)CCCCCCC/C=C\C/C=C\C/C=C\CC)COC(=O)CCCCCCCCCCCCCCCCCCCCCCCC. The van der Waals surface area contributed by atoms with Crippen LogP contribution in [0.2, 0.25) is 0 Å². The lowest BCUT2D eigenvalue weighted by Crippen LogP contribution is -2.30. The Morgan fingerprint density at radius 3 is 0.829 bits per heavy atom. The summed E-state index contributed by atoms with van der Waals surface area (Å²) < 4.78 is 16.9. The number of esters is 3. The first-order valence-electron chi connectivity index (χ1n) is 31.9. The number of carbonyl (C=O) groups excluding carboxylic acids is 3. The monoisotopic (exact) mass is 1050 g/mol. The van der Waals surface area contributed by atoms with Crippen molar-refractivity contribution < 1.29 is 28.6 Å². The summed E-state index contributed by atoms with van der Waals surface area (Å²) in [5.74, 6) is -0.954. The smallest absolute Gasteiger partial charge is 0.306 e. The molecule has 6 heteroatoms. The van der Waals surface area contributed by atoms with Crippen molar-refractivity contribution in [2.75, 3.05) is 13.2 Å². The lowest BCUT2D eigenvalue weighted by Gasteiger charge is -2.18. The molecule has 434 valence electrons. The van der Waals surface area contributed by atoms with E-state index in [4.69, 9.17) is 14.2 Å². The van der Waals surface area contributed by atoms with Crippen LogP contribution in [0.15, 0.2) is 109 Å². The Kier molecular flexibility index (Phi) is 60.3. The highest BCUT2D eigenvalue weighted by molar-refractivity contribution is 5.71. The summed E-state index contributed by atoms with van der Waals surface area (Å²) in [5, 5.41) is 0. The molecule has 0 radical (unpaired) electrons. The first-order chi connectivity index (χ1) is 37.5. The van der Waals surface area contributed by atoms with E-state index in [0.717, 1.165) is 128 Å². The third kappa shape index (κ3) is 60.9. The fourth-order valence-electron chi connectivity index (χ4n) is 8.81. The van der Waals surface area contributed by atoms with Gasteiger partial charge in [0.05, 0.1) is 0 Å². The number of ether oxygens (including phenoxy) is 3. The Morgan fingerprint density at radius 1 is 0.276 bits per heavy atom. The van der Waals surface area contributed by atoms with Crippen LogP contribution in [-0.2, 0) is 28.6 Å². The molecule has 0 spiro atoms. The van der Waals surface area contributed by atoms with Crippen molar-refractivity contribution in [2.45, 2.75) is 303 Å².